The second kappa shape index (κ2) is 9.20. The van der Waals surface area contributed by atoms with E-state index in [1.54, 1.807) is 12.1 Å². The van der Waals surface area contributed by atoms with E-state index in [0.29, 0.717) is 18.8 Å². The predicted octanol–water partition coefficient (Wildman–Crippen LogP) is 3.43. The lowest BCUT2D eigenvalue weighted by atomic mass is 10.2. The van der Waals surface area contributed by atoms with Crippen molar-refractivity contribution in [2.24, 2.45) is 0 Å². The summed E-state index contributed by atoms with van der Waals surface area (Å²) < 4.78 is 40.6. The van der Waals surface area contributed by atoms with Crippen molar-refractivity contribution in [1.29, 1.82) is 0 Å². The first kappa shape index (κ1) is 23.9. The predicted molar refractivity (Wildman–Crippen MR) is 121 cm³/mol. The molecular weight excluding hydrogens is 467 g/mol. The zero-order valence-corrected chi connectivity index (χ0v) is 18.5. The molecule has 0 aliphatic carbocycles. The SMILES string of the molecule is Cc1cc(=O)c(C(=O)N2CCN(c3cccc([N+](=O)[O-])c3)CC2)nn1-c1cccc(C(F)(F)F)c1. The van der Waals surface area contributed by atoms with Crippen molar-refractivity contribution >= 4 is 17.3 Å². The Balaban J connectivity index is 1.56. The maximum Gasteiger partial charge on any atom is 0.416 e. The van der Waals surface area contributed by atoms with Gasteiger partial charge in [0.1, 0.15) is 0 Å². The van der Waals surface area contributed by atoms with Crippen LogP contribution in [0.25, 0.3) is 5.69 Å². The molecule has 2 heterocycles. The van der Waals surface area contributed by atoms with Crippen LogP contribution in [0.1, 0.15) is 21.7 Å². The third-order valence-electron chi connectivity index (χ3n) is 5.70. The van der Waals surface area contributed by atoms with E-state index in [2.05, 4.69) is 5.10 Å². The summed E-state index contributed by atoms with van der Waals surface area (Å²) in [6, 6.07) is 11.8. The molecule has 182 valence electrons. The van der Waals surface area contributed by atoms with Crippen LogP contribution in [0.15, 0.2) is 59.4 Å². The number of hydrogen-bond donors (Lipinski definition) is 0. The molecule has 1 saturated heterocycles. The minimum atomic E-state index is -4.56. The Morgan fingerprint density at radius 1 is 1.00 bits per heavy atom. The monoisotopic (exact) mass is 487 g/mol. The molecule has 0 atom stereocenters. The van der Waals surface area contributed by atoms with E-state index in [4.69, 9.17) is 0 Å². The molecule has 35 heavy (non-hydrogen) atoms. The van der Waals surface area contributed by atoms with Crippen LogP contribution in [0.4, 0.5) is 24.5 Å². The fourth-order valence-corrected chi connectivity index (χ4v) is 3.89. The zero-order valence-electron chi connectivity index (χ0n) is 18.5. The number of nitrogens with zero attached hydrogens (tertiary/aromatic N) is 5. The average Bonchev–Trinajstić information content (AvgIpc) is 2.83. The van der Waals surface area contributed by atoms with Crippen molar-refractivity contribution in [2.75, 3.05) is 31.1 Å². The number of halogens is 3. The van der Waals surface area contributed by atoms with Crippen LogP contribution in [-0.4, -0.2) is 51.7 Å². The van der Waals surface area contributed by atoms with Crippen LogP contribution in [0.5, 0.6) is 0 Å². The molecule has 1 fully saturated rings. The number of benzene rings is 2. The maximum atomic E-state index is 13.1. The summed E-state index contributed by atoms with van der Waals surface area (Å²) in [4.78, 5) is 39.5. The van der Waals surface area contributed by atoms with Gasteiger partial charge in [0.05, 0.1) is 16.2 Å². The molecule has 12 heteroatoms. The number of piperazine rings is 1. The van der Waals surface area contributed by atoms with Gasteiger partial charge < -0.3 is 9.80 Å². The molecule has 1 amide bonds. The number of nitro benzene ring substituents is 1. The summed E-state index contributed by atoms with van der Waals surface area (Å²) in [5.74, 6) is -0.630. The molecule has 0 N–H and O–H groups in total. The normalized spacial score (nSPS) is 14.2. The number of non-ortho nitro benzene ring substituents is 1. The van der Waals surface area contributed by atoms with Crippen LogP contribution < -0.4 is 10.3 Å². The highest BCUT2D eigenvalue weighted by molar-refractivity contribution is 5.92. The van der Waals surface area contributed by atoms with Crippen LogP contribution in [0, 0.1) is 17.0 Å². The fraction of sp³-hybridized carbons (Fsp3) is 0.261. The molecule has 4 rings (SSSR count). The minimum absolute atomic E-state index is 0.0417. The van der Waals surface area contributed by atoms with Crippen molar-refractivity contribution in [2.45, 2.75) is 13.1 Å². The number of aromatic nitrogens is 2. The molecule has 0 saturated carbocycles. The Morgan fingerprint density at radius 3 is 2.31 bits per heavy atom. The topological polar surface area (TPSA) is 102 Å². The molecule has 2 aromatic carbocycles. The van der Waals surface area contributed by atoms with Gasteiger partial charge in [-0.2, -0.15) is 18.3 Å². The van der Waals surface area contributed by atoms with Gasteiger partial charge in [0.2, 0.25) is 5.43 Å². The van der Waals surface area contributed by atoms with E-state index in [1.165, 1.54) is 42.2 Å². The second-order valence-corrected chi connectivity index (χ2v) is 8.01. The number of aryl methyl sites for hydroxylation is 1. The number of nitro groups is 1. The van der Waals surface area contributed by atoms with Gasteiger partial charge in [-0.1, -0.05) is 12.1 Å². The Morgan fingerprint density at radius 2 is 1.66 bits per heavy atom. The number of anilines is 1. The standard InChI is InChI=1S/C23H20F3N5O4/c1-15-12-20(32)21(27-30(15)18-6-2-4-16(13-18)23(24,25)26)22(33)29-10-8-28(9-11-29)17-5-3-7-19(14-17)31(34)35/h2-7,12-14H,8-11H2,1H3. The number of carbonyl (C=O) groups is 1. The summed E-state index contributed by atoms with van der Waals surface area (Å²) in [7, 11) is 0. The number of hydrogen-bond acceptors (Lipinski definition) is 6. The molecule has 1 aliphatic rings. The fourth-order valence-electron chi connectivity index (χ4n) is 3.89. The highest BCUT2D eigenvalue weighted by Crippen LogP contribution is 2.30. The van der Waals surface area contributed by atoms with Crippen LogP contribution in [-0.2, 0) is 6.18 Å². The molecule has 3 aromatic rings. The van der Waals surface area contributed by atoms with Crippen LogP contribution in [0.3, 0.4) is 0 Å². The van der Waals surface area contributed by atoms with Crippen LogP contribution >= 0.6 is 0 Å². The maximum absolute atomic E-state index is 13.1. The van der Waals surface area contributed by atoms with Gasteiger partial charge in [-0.05, 0) is 31.2 Å². The zero-order chi connectivity index (χ0) is 25.3. The van der Waals surface area contributed by atoms with Crippen molar-refractivity contribution in [3.8, 4) is 5.69 Å². The third kappa shape index (κ3) is 5.00. The molecule has 0 unspecified atom stereocenters. The molecule has 1 aliphatic heterocycles. The second-order valence-electron chi connectivity index (χ2n) is 8.01. The van der Waals surface area contributed by atoms with E-state index in [1.807, 2.05) is 4.90 Å². The average molecular weight is 487 g/mol. The lowest BCUT2D eigenvalue weighted by molar-refractivity contribution is -0.384. The molecule has 9 nitrogen and oxygen atoms in total. The van der Waals surface area contributed by atoms with Gasteiger partial charge >= 0.3 is 6.18 Å². The van der Waals surface area contributed by atoms with Crippen molar-refractivity contribution in [3.63, 3.8) is 0 Å². The summed E-state index contributed by atoms with van der Waals surface area (Å²) in [6.07, 6.45) is -4.56. The summed E-state index contributed by atoms with van der Waals surface area (Å²) in [5, 5.41) is 15.1. The highest BCUT2D eigenvalue weighted by Gasteiger charge is 2.31. The number of rotatable bonds is 4. The lowest BCUT2D eigenvalue weighted by Crippen LogP contribution is -2.50. The van der Waals surface area contributed by atoms with Gasteiger partial charge in [-0.15, -0.1) is 0 Å². The molecule has 0 bridgehead atoms. The Bertz CT molecular complexity index is 1350. The van der Waals surface area contributed by atoms with Gasteiger partial charge in [0.25, 0.3) is 11.6 Å². The molecule has 1 aromatic heterocycles. The van der Waals surface area contributed by atoms with E-state index in [-0.39, 0.29) is 30.2 Å². The van der Waals surface area contributed by atoms with Crippen molar-refractivity contribution in [3.05, 3.63) is 91.9 Å². The Kier molecular flexibility index (Phi) is 6.29. The molecule has 0 radical (unpaired) electrons. The summed E-state index contributed by atoms with van der Waals surface area (Å²) in [6.45, 7) is 2.74. The number of amides is 1. The van der Waals surface area contributed by atoms with Crippen LogP contribution in [0.2, 0.25) is 0 Å². The molecule has 0 spiro atoms. The first-order valence-electron chi connectivity index (χ1n) is 10.6. The summed E-state index contributed by atoms with van der Waals surface area (Å²) in [5.41, 5.74) is -0.941. The molecular formula is C23H20F3N5O4. The Hall–Kier alpha value is -4.22. The van der Waals surface area contributed by atoms with Gasteiger partial charge in [0, 0.05) is 55.8 Å². The van der Waals surface area contributed by atoms with Crippen molar-refractivity contribution in [1.82, 2.24) is 14.7 Å². The van der Waals surface area contributed by atoms with E-state index < -0.39 is 33.7 Å². The van der Waals surface area contributed by atoms with Gasteiger partial charge in [-0.3, -0.25) is 19.7 Å². The van der Waals surface area contributed by atoms with Gasteiger partial charge in [0.15, 0.2) is 5.69 Å². The van der Waals surface area contributed by atoms with E-state index >= 15 is 0 Å². The quantitative estimate of drug-likeness (QED) is 0.413. The highest BCUT2D eigenvalue weighted by atomic mass is 19.4. The lowest BCUT2D eigenvalue weighted by Gasteiger charge is -2.35. The van der Waals surface area contributed by atoms with Gasteiger partial charge in [-0.25, -0.2) is 4.68 Å². The largest absolute Gasteiger partial charge is 0.416 e. The van der Waals surface area contributed by atoms with Crippen molar-refractivity contribution < 1.29 is 22.9 Å². The first-order chi connectivity index (χ1) is 16.5. The van der Waals surface area contributed by atoms with E-state index in [9.17, 15) is 32.9 Å². The number of alkyl halides is 3. The first-order valence-corrected chi connectivity index (χ1v) is 10.6. The smallest absolute Gasteiger partial charge is 0.368 e. The number of carbonyl (C=O) groups excluding carboxylic acids is 1. The van der Waals surface area contributed by atoms with E-state index in [0.717, 1.165) is 16.8 Å². The minimum Gasteiger partial charge on any atom is -0.368 e. The summed E-state index contributed by atoms with van der Waals surface area (Å²) >= 11 is 0. The third-order valence-corrected chi connectivity index (χ3v) is 5.70. The Labute approximate surface area is 197 Å².